The van der Waals surface area contributed by atoms with Crippen LogP contribution in [-0.2, 0) is 96.0 Å². The standard InChI is InChI=1S/C96H142N6O16/c1-87(2,3)111-79(103)69(65-34-38-99(54-65)83(107)115-91(13,14)15)47-59-28-25-31-62(44-59)51-97(52-63-32-26-29-60(45-63)48-70(80(104)112-88(4,5)6)66-35-39-100(55-66)84(108)116-92(16,17)18)42-43-98(53-64-33-27-30-61(46-64)49-71(81(105)113-89(7,8)9)67-36-40-101(56-67)85(109)117-93(19,20)21)58-96-76-73-75-74(76)78(96)95(75,77(73)96)50-72(82(106)114-90(10,11)12)68-37-41-102(57-68)86(110)118-94(22,23)24/h25-33,44-46,65-78H,34-43,47-58H2,1-24H3/t65-,66-,67-,68-,69-,70-,71-,72-,73?,74?,75?,76?,77?,78?,95?,96?/m0/s1. The Hall–Kier alpha value is -7.46. The predicted octanol–water partition coefficient (Wildman–Crippen LogP) is 16.8. The number of ether oxygens (including phenoxy) is 8. The van der Waals surface area contributed by atoms with E-state index in [0.29, 0.717) is 166 Å². The minimum atomic E-state index is -0.740. The number of carbonyl (C=O) groups excluding carboxylic acids is 8. The van der Waals surface area contributed by atoms with Crippen LogP contribution in [0.3, 0.4) is 0 Å². The predicted molar refractivity (Wildman–Crippen MR) is 451 cm³/mol. The largest absolute Gasteiger partial charge is 0.460 e. The average Bonchev–Trinajstić information content (AvgIpc) is 0.595. The normalized spacial score (nSPS) is 26.9. The number of hydrogen-bond donors (Lipinski definition) is 0. The quantitative estimate of drug-likeness (QED) is 0.0510. The van der Waals surface area contributed by atoms with Crippen molar-refractivity contribution in [1.82, 2.24) is 29.4 Å². The summed E-state index contributed by atoms with van der Waals surface area (Å²) >= 11 is 0. The molecule has 6 aliphatic carbocycles. The summed E-state index contributed by atoms with van der Waals surface area (Å²) in [5.74, 6) is -0.190. The lowest BCUT2D eigenvalue weighted by Crippen LogP contribution is -3.10. The average molecular weight is 1640 g/mol. The van der Waals surface area contributed by atoms with Gasteiger partial charge in [-0.1, -0.05) is 72.8 Å². The van der Waals surface area contributed by atoms with Crippen LogP contribution in [0.4, 0.5) is 19.2 Å². The summed E-state index contributed by atoms with van der Waals surface area (Å²) in [6, 6.07) is 25.8. The highest BCUT2D eigenvalue weighted by Crippen LogP contribution is 3.11. The molecule has 22 heteroatoms. The van der Waals surface area contributed by atoms with Crippen molar-refractivity contribution in [3.05, 3.63) is 106 Å². The highest BCUT2D eigenvalue weighted by Gasteiger charge is 3.09. The molecule has 4 unspecified atom stereocenters. The molecule has 0 bridgehead atoms. The molecule has 0 N–H and O–H groups in total. The minimum Gasteiger partial charge on any atom is -0.460 e. The van der Waals surface area contributed by atoms with Crippen molar-refractivity contribution < 1.29 is 76.3 Å². The molecule has 4 saturated heterocycles. The summed E-state index contributed by atoms with van der Waals surface area (Å²) in [5.41, 5.74) is 0.726. The van der Waals surface area contributed by atoms with Crippen molar-refractivity contribution in [3.63, 3.8) is 0 Å². The number of carbonyl (C=O) groups is 8. The van der Waals surface area contributed by atoms with E-state index >= 15 is 0 Å². The molecule has 652 valence electrons. The van der Waals surface area contributed by atoms with Crippen molar-refractivity contribution in [3.8, 4) is 0 Å². The summed E-state index contributed by atoms with van der Waals surface area (Å²) < 4.78 is 48.4. The van der Waals surface area contributed by atoms with Gasteiger partial charge in [-0.3, -0.25) is 29.0 Å². The Bertz CT molecular complexity index is 4030. The third-order valence-corrected chi connectivity index (χ3v) is 26.0. The van der Waals surface area contributed by atoms with Gasteiger partial charge in [-0.05, 0) is 321 Å². The van der Waals surface area contributed by atoms with Crippen LogP contribution in [0.1, 0.15) is 232 Å². The number of amides is 4. The fraction of sp³-hybridized carbons (Fsp3) is 0.729. The Balaban J connectivity index is 0.875. The highest BCUT2D eigenvalue weighted by atomic mass is 16.6. The van der Waals surface area contributed by atoms with E-state index in [-0.39, 0.29) is 76.5 Å². The monoisotopic (exact) mass is 1640 g/mol. The summed E-state index contributed by atoms with van der Waals surface area (Å²) in [6.45, 7) is 52.6. The van der Waals surface area contributed by atoms with Gasteiger partial charge in [-0.2, -0.15) is 0 Å². The molecule has 10 aliphatic rings. The lowest BCUT2D eigenvalue weighted by molar-refractivity contribution is -0.661. The van der Waals surface area contributed by atoms with Gasteiger partial charge >= 0.3 is 48.3 Å². The zero-order valence-corrected chi connectivity index (χ0v) is 75.8. The molecule has 12 atom stereocenters. The zero-order valence-electron chi connectivity index (χ0n) is 75.8. The molecule has 118 heavy (non-hydrogen) atoms. The first-order valence-electron chi connectivity index (χ1n) is 44.1. The third-order valence-electron chi connectivity index (χ3n) is 26.0. The van der Waals surface area contributed by atoms with E-state index in [2.05, 4.69) is 82.6 Å². The van der Waals surface area contributed by atoms with E-state index < -0.39 is 74.7 Å². The van der Waals surface area contributed by atoms with E-state index in [1.165, 1.54) is 0 Å². The molecule has 0 radical (unpaired) electrons. The molecular formula is C96H142N6O16. The molecule has 4 aliphatic heterocycles. The number of hydrogen-bond acceptors (Lipinski definition) is 18. The second-order valence-corrected chi connectivity index (χ2v) is 44.5. The number of likely N-dealkylation sites (tertiary alicyclic amines) is 4. The molecule has 13 rings (SSSR count). The number of nitrogens with zero attached hydrogens (tertiary/aromatic N) is 6. The first-order valence-corrected chi connectivity index (χ1v) is 44.1. The van der Waals surface area contributed by atoms with Gasteiger partial charge in [0.25, 0.3) is 0 Å². The summed E-state index contributed by atoms with van der Waals surface area (Å²) in [7, 11) is 0. The fourth-order valence-corrected chi connectivity index (χ4v) is 22.1. The van der Waals surface area contributed by atoms with E-state index in [9.17, 15) is 38.4 Å². The van der Waals surface area contributed by atoms with Gasteiger partial charge in [0.2, 0.25) is 0 Å². The van der Waals surface area contributed by atoms with E-state index in [1.54, 1.807) is 19.6 Å². The van der Waals surface area contributed by atoms with Crippen molar-refractivity contribution in [1.29, 1.82) is 0 Å². The molecule has 10 fully saturated rings. The fourth-order valence-electron chi connectivity index (χ4n) is 22.1. The molecule has 3 aromatic carbocycles. The Morgan fingerprint density at radius 3 is 0.873 bits per heavy atom. The van der Waals surface area contributed by atoms with Crippen molar-refractivity contribution in [2.75, 3.05) is 72.0 Å². The molecule has 6 saturated carbocycles. The van der Waals surface area contributed by atoms with Crippen LogP contribution in [0.2, 0.25) is 0 Å². The topological polar surface area (TPSA) is 230 Å². The van der Waals surface area contributed by atoms with Gasteiger partial charge < -0.3 is 57.5 Å². The molecular weight excluding hydrogens is 1490 g/mol. The molecule has 3 aromatic rings. The smallest absolute Gasteiger partial charge is 0.410 e. The number of benzene rings is 3. The van der Waals surface area contributed by atoms with Gasteiger partial charge in [0.05, 0.1) is 23.7 Å². The van der Waals surface area contributed by atoms with Gasteiger partial charge in [0.15, 0.2) is 0 Å². The maximum atomic E-state index is 14.9. The lowest BCUT2D eigenvalue weighted by atomic mass is 8.91. The lowest BCUT2D eigenvalue weighted by Gasteiger charge is -3.12. The third kappa shape index (κ3) is 20.8. The van der Waals surface area contributed by atoms with E-state index in [0.717, 1.165) is 46.3 Å². The molecule has 0 aromatic heterocycles. The van der Waals surface area contributed by atoms with Crippen LogP contribution in [0, 0.1) is 93.7 Å². The van der Waals surface area contributed by atoms with Crippen LogP contribution in [0.15, 0.2) is 72.8 Å². The van der Waals surface area contributed by atoms with Gasteiger partial charge in [0, 0.05) is 91.6 Å². The summed E-state index contributed by atoms with van der Waals surface area (Å²) in [5, 5.41) is 0. The highest BCUT2D eigenvalue weighted by molar-refractivity contribution is 5.77. The molecule has 0 spiro atoms. The molecule has 4 heterocycles. The Morgan fingerprint density at radius 1 is 0.339 bits per heavy atom. The van der Waals surface area contributed by atoms with Crippen LogP contribution in [0.5, 0.6) is 0 Å². The number of rotatable bonds is 27. The second kappa shape index (κ2) is 33.4. The Labute approximate surface area is 704 Å². The Morgan fingerprint density at radius 2 is 0.585 bits per heavy atom. The van der Waals surface area contributed by atoms with Gasteiger partial charge in [-0.15, -0.1) is 0 Å². The van der Waals surface area contributed by atoms with Crippen molar-refractivity contribution in [2.24, 2.45) is 93.7 Å². The van der Waals surface area contributed by atoms with Gasteiger partial charge in [0.1, 0.15) is 44.8 Å². The maximum Gasteiger partial charge on any atom is 0.410 e. The van der Waals surface area contributed by atoms with Crippen LogP contribution >= 0.6 is 0 Å². The SMILES string of the molecule is CC(C)(C)OC(=O)[C@@H](Cc1cccc(CN(CCN(Cc2cccc(C[C@H](C(=O)OC(C)(C)C)[C@H]3CCN(C(=O)OC(C)(C)C)C3)c2)CC23C4C5C6C4C2C6(C[C@H](C(=O)OC(C)(C)C)[C@H]2CCN(C(=O)OC(C)(C)C)C2)C53)Cc2cccc(C[C@H](C(=O)OC(C)(C)C)[C@H]3CCN(C(=O)OC(C)(C)C)C3)c2)c1)[C@H]1CCN(C(=O)OC(C)(C)C)C1. The summed E-state index contributed by atoms with van der Waals surface area (Å²) in [4.78, 5) is 125. The van der Waals surface area contributed by atoms with Crippen molar-refractivity contribution >= 4 is 48.3 Å². The first kappa shape index (κ1) is 89.8. The number of esters is 4. The van der Waals surface area contributed by atoms with E-state index in [1.807, 2.05) is 166 Å². The van der Waals surface area contributed by atoms with Crippen LogP contribution < -0.4 is 0 Å². The minimum absolute atomic E-state index is 0.0318. The zero-order chi connectivity index (χ0) is 86.3. The van der Waals surface area contributed by atoms with Crippen LogP contribution in [0.25, 0.3) is 0 Å². The second-order valence-electron chi connectivity index (χ2n) is 44.5. The molecule has 22 nitrogen and oxygen atoms in total. The summed E-state index contributed by atoms with van der Waals surface area (Å²) in [6.07, 6.45) is 3.06. The molecule has 4 amide bonds. The van der Waals surface area contributed by atoms with Crippen LogP contribution in [-0.4, -0.2) is 194 Å². The van der Waals surface area contributed by atoms with Crippen molar-refractivity contribution in [2.45, 2.75) is 282 Å². The first-order chi connectivity index (χ1) is 54.6. The maximum absolute atomic E-state index is 14.9. The van der Waals surface area contributed by atoms with Gasteiger partial charge in [-0.25, -0.2) is 19.2 Å². The Kier molecular flexibility index (Phi) is 25.4. The van der Waals surface area contributed by atoms with E-state index in [4.69, 9.17) is 37.9 Å².